The fourth-order valence-electron chi connectivity index (χ4n) is 3.30. The second-order valence-electron chi connectivity index (χ2n) is 7.95. The molecule has 33 heavy (non-hydrogen) atoms. The third-order valence-electron chi connectivity index (χ3n) is 5.05. The van der Waals surface area contributed by atoms with Gasteiger partial charge in [-0.3, -0.25) is 4.72 Å². The predicted octanol–water partition coefficient (Wildman–Crippen LogP) is 3.49. The zero-order valence-electron chi connectivity index (χ0n) is 17.7. The van der Waals surface area contributed by atoms with E-state index in [1.165, 1.54) is 24.6 Å². The number of ether oxygens (including phenoxy) is 2. The van der Waals surface area contributed by atoms with Crippen LogP contribution in [0.2, 0.25) is 0 Å². The molecule has 1 heterocycles. The van der Waals surface area contributed by atoms with Gasteiger partial charge in [-0.25, -0.2) is 4.79 Å². The first-order valence-corrected chi connectivity index (χ1v) is 11.4. The van der Waals surface area contributed by atoms with Crippen LogP contribution in [0.25, 0.3) is 0 Å². The minimum atomic E-state index is -5.63. The molecule has 1 aliphatic rings. The van der Waals surface area contributed by atoms with Crippen molar-refractivity contribution in [2.24, 2.45) is 0 Å². The Morgan fingerprint density at radius 2 is 1.85 bits per heavy atom. The van der Waals surface area contributed by atoms with Crippen LogP contribution in [-0.2, 0) is 21.2 Å². The molecule has 180 valence electrons. The molecule has 0 radical (unpaired) electrons. The van der Waals surface area contributed by atoms with Crippen molar-refractivity contribution >= 4 is 21.8 Å². The van der Waals surface area contributed by atoms with E-state index in [0.717, 1.165) is 17.7 Å². The zero-order valence-corrected chi connectivity index (χ0v) is 18.5. The third-order valence-corrected chi connectivity index (χ3v) is 6.16. The lowest BCUT2D eigenvalue weighted by Gasteiger charge is -2.42. The van der Waals surface area contributed by atoms with Crippen LogP contribution in [0.1, 0.15) is 31.0 Å². The molecule has 3 N–H and O–H groups in total. The molecule has 0 spiro atoms. The van der Waals surface area contributed by atoms with Crippen molar-refractivity contribution in [1.29, 1.82) is 0 Å². The number of hydrogen-bond donors (Lipinski definition) is 3. The van der Waals surface area contributed by atoms with Crippen LogP contribution in [0.4, 0.5) is 23.7 Å². The quantitative estimate of drug-likeness (QED) is 0.574. The second kappa shape index (κ2) is 9.10. The highest BCUT2D eigenvalue weighted by molar-refractivity contribution is 7.93. The fraction of sp³-hybridized carbons (Fsp3) is 0.381. The molecule has 2 atom stereocenters. The first-order chi connectivity index (χ1) is 15.3. The Hall–Kier alpha value is -2.99. The molecule has 2 aromatic carbocycles. The first kappa shape index (κ1) is 24.6. The Balaban J connectivity index is 1.75. The molecular weight excluding hydrogens is 465 g/mol. The van der Waals surface area contributed by atoms with E-state index in [4.69, 9.17) is 9.47 Å². The first-order valence-electron chi connectivity index (χ1n) is 9.87. The minimum absolute atomic E-state index is 0.00209. The van der Waals surface area contributed by atoms with Gasteiger partial charge in [0.2, 0.25) is 0 Å². The number of benzene rings is 2. The number of alkyl carbamates (subject to hydrolysis) is 1. The molecule has 0 saturated heterocycles. The van der Waals surface area contributed by atoms with E-state index in [1.54, 1.807) is 0 Å². The highest BCUT2D eigenvalue weighted by Gasteiger charge is 2.47. The summed E-state index contributed by atoms with van der Waals surface area (Å²) < 4.78 is 73.1. The lowest BCUT2D eigenvalue weighted by Crippen LogP contribution is -2.53. The van der Waals surface area contributed by atoms with Crippen LogP contribution >= 0.6 is 0 Å². The van der Waals surface area contributed by atoms with E-state index in [-0.39, 0.29) is 23.6 Å². The standard InChI is InChI=1S/C21H23F3N2O6S/c1-20(2)18(27)17(25-19(28)31-11-10-13-6-4-3-5-7-13)15-9-8-14(12-16(15)32-20)26-33(29,30)21(22,23)24/h3-9,12,17-18,26-27H,10-11H2,1-2H3,(H,25,28). The molecule has 2 aromatic rings. The summed E-state index contributed by atoms with van der Waals surface area (Å²) in [6.45, 7) is 3.12. The Morgan fingerprint density at radius 1 is 1.18 bits per heavy atom. The summed E-state index contributed by atoms with van der Waals surface area (Å²) in [7, 11) is -5.63. The Bertz CT molecular complexity index is 1110. The van der Waals surface area contributed by atoms with Gasteiger partial charge in [0.15, 0.2) is 0 Å². The zero-order chi connectivity index (χ0) is 24.4. The summed E-state index contributed by atoms with van der Waals surface area (Å²) in [6.07, 6.45) is -1.56. The lowest BCUT2D eigenvalue weighted by molar-refractivity contribution is -0.0636. The third kappa shape index (κ3) is 5.69. The molecule has 12 heteroatoms. The van der Waals surface area contributed by atoms with Crippen molar-refractivity contribution < 1.29 is 41.0 Å². The molecule has 0 bridgehead atoms. The summed E-state index contributed by atoms with van der Waals surface area (Å²) in [5, 5.41) is 13.3. The average Bonchev–Trinajstić information content (AvgIpc) is 2.71. The maximum Gasteiger partial charge on any atom is 0.516 e. The number of aliphatic hydroxyl groups is 1. The SMILES string of the molecule is CC1(C)Oc2cc(NS(=O)(=O)C(F)(F)F)ccc2C(NC(=O)OCCc2ccccc2)C1O. The van der Waals surface area contributed by atoms with Crippen molar-refractivity contribution in [3.63, 3.8) is 0 Å². The molecule has 1 aliphatic heterocycles. The molecule has 1 amide bonds. The Kier molecular flexibility index (Phi) is 6.80. The topological polar surface area (TPSA) is 114 Å². The number of nitrogens with one attached hydrogen (secondary N) is 2. The van der Waals surface area contributed by atoms with Crippen LogP contribution < -0.4 is 14.8 Å². The number of amides is 1. The minimum Gasteiger partial charge on any atom is -0.485 e. The van der Waals surface area contributed by atoms with Gasteiger partial charge in [0.1, 0.15) is 17.5 Å². The fourth-order valence-corrected chi connectivity index (χ4v) is 3.86. The van der Waals surface area contributed by atoms with Gasteiger partial charge >= 0.3 is 21.6 Å². The molecule has 0 saturated carbocycles. The molecule has 8 nitrogen and oxygen atoms in total. The maximum atomic E-state index is 12.7. The van der Waals surface area contributed by atoms with Gasteiger partial charge < -0.3 is 19.9 Å². The number of hydrogen-bond acceptors (Lipinski definition) is 6. The highest BCUT2D eigenvalue weighted by Crippen LogP contribution is 2.41. The number of sulfonamides is 1. The number of anilines is 1. The number of carbonyl (C=O) groups excluding carboxylic acids is 1. The summed E-state index contributed by atoms with van der Waals surface area (Å²) in [4.78, 5) is 12.3. The number of carbonyl (C=O) groups is 1. The number of aliphatic hydroxyl groups excluding tert-OH is 1. The molecule has 0 aliphatic carbocycles. The number of rotatable bonds is 6. The average molecular weight is 488 g/mol. The number of fused-ring (bicyclic) bond motifs is 1. The molecule has 0 aromatic heterocycles. The van der Waals surface area contributed by atoms with Gasteiger partial charge in [-0.1, -0.05) is 36.4 Å². The van der Waals surface area contributed by atoms with Crippen LogP contribution in [-0.4, -0.2) is 43.4 Å². The summed E-state index contributed by atoms with van der Waals surface area (Å²) in [5.41, 5.74) is -5.92. The van der Waals surface area contributed by atoms with Crippen molar-refractivity contribution in [2.45, 2.75) is 43.5 Å². The Labute approximate surface area is 188 Å². The van der Waals surface area contributed by atoms with E-state index < -0.39 is 39.4 Å². The van der Waals surface area contributed by atoms with Gasteiger partial charge in [0.05, 0.1) is 18.3 Å². The van der Waals surface area contributed by atoms with Crippen molar-refractivity contribution in [1.82, 2.24) is 5.32 Å². The summed E-state index contributed by atoms with van der Waals surface area (Å²) >= 11 is 0. The van der Waals surface area contributed by atoms with E-state index in [1.807, 2.05) is 30.3 Å². The van der Waals surface area contributed by atoms with Crippen LogP contribution in [0.3, 0.4) is 0 Å². The van der Waals surface area contributed by atoms with E-state index in [9.17, 15) is 31.5 Å². The largest absolute Gasteiger partial charge is 0.516 e. The maximum absolute atomic E-state index is 12.7. The highest BCUT2D eigenvalue weighted by atomic mass is 32.2. The Morgan fingerprint density at radius 3 is 2.48 bits per heavy atom. The van der Waals surface area contributed by atoms with E-state index in [0.29, 0.717) is 6.42 Å². The smallest absolute Gasteiger partial charge is 0.485 e. The van der Waals surface area contributed by atoms with Gasteiger partial charge in [-0.2, -0.15) is 21.6 Å². The summed E-state index contributed by atoms with van der Waals surface area (Å²) in [5.74, 6) is 0.00209. The molecule has 0 fully saturated rings. The second-order valence-corrected chi connectivity index (χ2v) is 9.62. The monoisotopic (exact) mass is 488 g/mol. The van der Waals surface area contributed by atoms with Gasteiger partial charge in [-0.15, -0.1) is 0 Å². The lowest BCUT2D eigenvalue weighted by atomic mass is 9.86. The number of alkyl halides is 3. The molecule has 2 unspecified atom stereocenters. The van der Waals surface area contributed by atoms with Crippen molar-refractivity contribution in [3.8, 4) is 5.75 Å². The van der Waals surface area contributed by atoms with E-state index in [2.05, 4.69) is 5.32 Å². The van der Waals surface area contributed by atoms with Crippen LogP contribution in [0, 0.1) is 0 Å². The van der Waals surface area contributed by atoms with Gasteiger partial charge in [0, 0.05) is 18.1 Å². The van der Waals surface area contributed by atoms with Crippen LogP contribution in [0.15, 0.2) is 48.5 Å². The van der Waals surface area contributed by atoms with Crippen molar-refractivity contribution in [2.75, 3.05) is 11.3 Å². The molecule has 3 rings (SSSR count). The molecular formula is C21H23F3N2O6S. The van der Waals surface area contributed by atoms with Gasteiger partial charge in [-0.05, 0) is 25.5 Å². The normalized spacial score (nSPS) is 19.7. The number of halogens is 3. The van der Waals surface area contributed by atoms with Crippen LogP contribution in [0.5, 0.6) is 5.75 Å². The van der Waals surface area contributed by atoms with Gasteiger partial charge in [0.25, 0.3) is 0 Å². The van der Waals surface area contributed by atoms with Crippen molar-refractivity contribution in [3.05, 3.63) is 59.7 Å². The summed E-state index contributed by atoms with van der Waals surface area (Å²) in [6, 6.07) is 11.7. The van der Waals surface area contributed by atoms with E-state index >= 15 is 0 Å². The predicted molar refractivity (Wildman–Crippen MR) is 113 cm³/mol.